The van der Waals surface area contributed by atoms with Crippen molar-refractivity contribution < 1.29 is 4.79 Å². The molecule has 0 fully saturated rings. The van der Waals surface area contributed by atoms with E-state index in [2.05, 4.69) is 34.3 Å². The third-order valence-corrected chi connectivity index (χ3v) is 3.35. The summed E-state index contributed by atoms with van der Waals surface area (Å²) in [7, 11) is 0. The summed E-state index contributed by atoms with van der Waals surface area (Å²) >= 11 is 1.41. The van der Waals surface area contributed by atoms with E-state index >= 15 is 0 Å². The summed E-state index contributed by atoms with van der Waals surface area (Å²) in [6.07, 6.45) is 2.60. The van der Waals surface area contributed by atoms with Crippen LogP contribution in [0.2, 0.25) is 0 Å². The molecule has 2 aromatic heterocycles. The first-order chi connectivity index (χ1) is 9.52. The molecule has 1 amide bonds. The monoisotopic (exact) mass is 327 g/mol. The minimum absolute atomic E-state index is 0. The molecule has 2 aromatic rings. The Morgan fingerprint density at radius 3 is 2.76 bits per heavy atom. The molecule has 0 aliphatic rings. The minimum Gasteiger partial charge on any atom is -0.397 e. The number of carbonyl (C=O) groups is 1. The predicted molar refractivity (Wildman–Crippen MR) is 86.7 cm³/mol. The minimum atomic E-state index is -0.158. The van der Waals surface area contributed by atoms with Gasteiger partial charge in [0, 0.05) is 12.1 Å². The van der Waals surface area contributed by atoms with Crippen LogP contribution in [-0.2, 0) is 17.6 Å². The van der Waals surface area contributed by atoms with Crippen LogP contribution in [0, 0.1) is 5.92 Å². The van der Waals surface area contributed by atoms with Crippen LogP contribution in [0.5, 0.6) is 0 Å². The van der Waals surface area contributed by atoms with Gasteiger partial charge in [-0.3, -0.25) is 9.78 Å². The Bertz CT molecular complexity index is 585. The number of hydrogen-bond donors (Lipinski definition) is 2. The highest BCUT2D eigenvalue weighted by molar-refractivity contribution is 7.15. The van der Waals surface area contributed by atoms with Crippen LogP contribution in [0.4, 0.5) is 10.8 Å². The van der Waals surface area contributed by atoms with Gasteiger partial charge in [0.05, 0.1) is 18.3 Å². The number of carbonyl (C=O) groups excluding carboxylic acids is 1. The first-order valence-electron chi connectivity index (χ1n) is 6.35. The van der Waals surface area contributed by atoms with E-state index in [1.807, 2.05) is 0 Å². The van der Waals surface area contributed by atoms with Crippen LogP contribution in [0.15, 0.2) is 18.3 Å². The van der Waals surface area contributed by atoms with Gasteiger partial charge >= 0.3 is 0 Å². The molecule has 6 nitrogen and oxygen atoms in total. The third kappa shape index (κ3) is 5.65. The van der Waals surface area contributed by atoms with E-state index in [-0.39, 0.29) is 24.7 Å². The van der Waals surface area contributed by atoms with Crippen molar-refractivity contribution in [3.05, 3.63) is 29.0 Å². The second-order valence-corrected chi connectivity index (χ2v) is 5.97. The number of anilines is 2. The van der Waals surface area contributed by atoms with Crippen molar-refractivity contribution in [2.75, 3.05) is 11.1 Å². The highest BCUT2D eigenvalue weighted by atomic mass is 35.5. The summed E-state index contributed by atoms with van der Waals surface area (Å²) in [5, 5.41) is 12.2. The Morgan fingerprint density at radius 1 is 1.38 bits per heavy atom. The summed E-state index contributed by atoms with van der Waals surface area (Å²) in [6, 6.07) is 3.46. The fourth-order valence-corrected chi connectivity index (χ4v) is 2.57. The quantitative estimate of drug-likeness (QED) is 0.879. The third-order valence-electron chi connectivity index (χ3n) is 2.49. The fraction of sp³-hybridized carbons (Fsp3) is 0.385. The molecular weight excluding hydrogens is 310 g/mol. The second-order valence-electron chi connectivity index (χ2n) is 4.91. The molecule has 2 rings (SSSR count). The number of amides is 1. The maximum absolute atomic E-state index is 11.9. The number of nitrogen functional groups attached to an aromatic ring is 1. The van der Waals surface area contributed by atoms with Crippen molar-refractivity contribution in [2.45, 2.75) is 26.7 Å². The normalized spacial score (nSPS) is 10.2. The van der Waals surface area contributed by atoms with Gasteiger partial charge in [-0.05, 0) is 18.1 Å². The van der Waals surface area contributed by atoms with Crippen molar-refractivity contribution >= 4 is 40.5 Å². The molecule has 0 aliphatic carbocycles. The van der Waals surface area contributed by atoms with Gasteiger partial charge in [0.25, 0.3) is 0 Å². The van der Waals surface area contributed by atoms with Crippen molar-refractivity contribution in [1.29, 1.82) is 0 Å². The molecule has 3 N–H and O–H groups in total. The Balaban J connectivity index is 0.00000220. The Labute approximate surface area is 133 Å². The van der Waals surface area contributed by atoms with Gasteiger partial charge in [-0.1, -0.05) is 25.2 Å². The van der Waals surface area contributed by atoms with Gasteiger partial charge in [0.1, 0.15) is 5.01 Å². The SMILES string of the molecule is CC(C)Cc1nnc(NC(=O)Cc2ccc(N)cn2)s1.Cl. The first kappa shape index (κ1) is 17.3. The van der Waals surface area contributed by atoms with Crippen LogP contribution < -0.4 is 11.1 Å². The summed E-state index contributed by atoms with van der Waals surface area (Å²) in [5.41, 5.74) is 6.79. The van der Waals surface area contributed by atoms with Crippen LogP contribution in [0.25, 0.3) is 0 Å². The molecule has 0 aromatic carbocycles. The smallest absolute Gasteiger partial charge is 0.232 e. The molecule has 21 heavy (non-hydrogen) atoms. The molecule has 0 saturated carbocycles. The van der Waals surface area contributed by atoms with Gasteiger partial charge in [-0.25, -0.2) is 0 Å². The maximum atomic E-state index is 11.9. The molecule has 0 radical (unpaired) electrons. The first-order valence-corrected chi connectivity index (χ1v) is 7.17. The van der Waals surface area contributed by atoms with Gasteiger partial charge in [-0.15, -0.1) is 22.6 Å². The number of pyridine rings is 1. The molecular formula is C13H18ClN5OS. The lowest BCUT2D eigenvalue weighted by Gasteiger charge is -2.01. The summed E-state index contributed by atoms with van der Waals surface area (Å²) < 4.78 is 0. The van der Waals surface area contributed by atoms with E-state index in [1.54, 1.807) is 12.1 Å². The Morgan fingerprint density at radius 2 is 2.14 bits per heavy atom. The highest BCUT2D eigenvalue weighted by Crippen LogP contribution is 2.18. The summed E-state index contributed by atoms with van der Waals surface area (Å²) in [6.45, 7) is 4.23. The van der Waals surface area contributed by atoms with Crippen molar-refractivity contribution in [3.63, 3.8) is 0 Å². The van der Waals surface area contributed by atoms with Crippen molar-refractivity contribution in [3.8, 4) is 0 Å². The lowest BCUT2D eigenvalue weighted by Crippen LogP contribution is -2.15. The molecule has 0 saturated heterocycles. The van der Waals surface area contributed by atoms with Crippen LogP contribution in [0.1, 0.15) is 24.5 Å². The van der Waals surface area contributed by atoms with E-state index in [0.29, 0.717) is 22.4 Å². The molecule has 8 heteroatoms. The Kier molecular flexibility index (Phi) is 6.51. The van der Waals surface area contributed by atoms with Crippen molar-refractivity contribution in [2.24, 2.45) is 5.92 Å². The zero-order valence-electron chi connectivity index (χ0n) is 11.9. The number of nitrogens with zero attached hydrogens (tertiary/aromatic N) is 3. The lowest BCUT2D eigenvalue weighted by atomic mass is 10.1. The number of hydrogen-bond acceptors (Lipinski definition) is 6. The van der Waals surface area contributed by atoms with E-state index in [4.69, 9.17) is 5.73 Å². The number of nitrogens with one attached hydrogen (secondary N) is 1. The lowest BCUT2D eigenvalue weighted by molar-refractivity contribution is -0.115. The average Bonchev–Trinajstić information content (AvgIpc) is 2.78. The summed E-state index contributed by atoms with van der Waals surface area (Å²) in [5.74, 6) is 0.361. The summed E-state index contributed by atoms with van der Waals surface area (Å²) in [4.78, 5) is 15.9. The van der Waals surface area contributed by atoms with Crippen molar-refractivity contribution in [1.82, 2.24) is 15.2 Å². The van der Waals surface area contributed by atoms with Crippen LogP contribution in [0.3, 0.4) is 0 Å². The van der Waals surface area contributed by atoms with Gasteiger partial charge in [0.2, 0.25) is 11.0 Å². The number of nitrogens with two attached hydrogens (primary N) is 1. The molecule has 2 heterocycles. The second kappa shape index (κ2) is 7.90. The molecule has 0 bridgehead atoms. The largest absolute Gasteiger partial charge is 0.397 e. The highest BCUT2D eigenvalue weighted by Gasteiger charge is 2.10. The van der Waals surface area contributed by atoms with Gasteiger partial charge < -0.3 is 11.1 Å². The standard InChI is InChI=1S/C13H17N5OS.ClH/c1-8(2)5-12-17-18-13(20-12)16-11(19)6-10-4-3-9(14)7-15-10;/h3-4,7-8H,5-6,14H2,1-2H3,(H,16,18,19);1H. The molecule has 0 spiro atoms. The van der Waals surface area contributed by atoms with E-state index in [9.17, 15) is 4.79 Å². The molecule has 0 unspecified atom stereocenters. The van der Waals surface area contributed by atoms with Crippen LogP contribution in [-0.4, -0.2) is 21.1 Å². The fourth-order valence-electron chi connectivity index (χ4n) is 1.60. The Hall–Kier alpha value is -1.73. The van der Waals surface area contributed by atoms with E-state index < -0.39 is 0 Å². The van der Waals surface area contributed by atoms with Crippen LogP contribution >= 0.6 is 23.7 Å². The van der Waals surface area contributed by atoms with E-state index in [0.717, 1.165) is 11.4 Å². The molecule has 0 aliphatic heterocycles. The molecule has 0 atom stereocenters. The molecule has 114 valence electrons. The average molecular weight is 328 g/mol. The zero-order chi connectivity index (χ0) is 14.5. The van der Waals surface area contributed by atoms with Gasteiger partial charge in [-0.2, -0.15) is 0 Å². The maximum Gasteiger partial charge on any atom is 0.232 e. The predicted octanol–water partition coefficient (Wildman–Crippen LogP) is 2.32. The number of halogens is 1. The zero-order valence-corrected chi connectivity index (χ0v) is 13.5. The van der Waals surface area contributed by atoms with Gasteiger partial charge in [0.15, 0.2) is 0 Å². The van der Waals surface area contributed by atoms with E-state index in [1.165, 1.54) is 17.5 Å². The number of rotatable bonds is 5. The topological polar surface area (TPSA) is 93.8 Å². The number of aromatic nitrogens is 3.